The van der Waals surface area contributed by atoms with Gasteiger partial charge in [-0.3, -0.25) is 9.59 Å². The molecule has 0 aromatic carbocycles. The summed E-state index contributed by atoms with van der Waals surface area (Å²) in [5, 5.41) is 0. The first kappa shape index (κ1) is 12.9. The highest BCUT2D eigenvalue weighted by Crippen LogP contribution is 2.55. The van der Waals surface area contributed by atoms with Crippen LogP contribution in [0, 0.1) is 17.8 Å². The normalized spacial score (nSPS) is 39.4. The summed E-state index contributed by atoms with van der Waals surface area (Å²) in [5.74, 6) is -1.54. The summed E-state index contributed by atoms with van der Waals surface area (Å²) in [4.78, 5) is 23.0. The Bertz CT molecular complexity index is 525. The zero-order chi connectivity index (χ0) is 13.8. The van der Waals surface area contributed by atoms with Gasteiger partial charge in [-0.2, -0.15) is 0 Å². The van der Waals surface area contributed by atoms with Crippen molar-refractivity contribution in [1.82, 2.24) is 0 Å². The van der Waals surface area contributed by atoms with E-state index >= 15 is 0 Å². The average molecular weight is 289 g/mol. The number of ether oxygens (including phenoxy) is 2. The SMILES string of the molecule is O=C(CCS(=O)(=O)[O-])OC1C2CC3C(=O)OC1C3C2. The molecular weight excluding hydrogens is 276 g/mol. The number of carbonyl (C=O) groups excluding carboxylic acids is 2. The van der Waals surface area contributed by atoms with E-state index in [4.69, 9.17) is 9.47 Å². The molecule has 3 rings (SSSR count). The molecule has 1 heterocycles. The van der Waals surface area contributed by atoms with E-state index in [1.165, 1.54) is 0 Å². The molecule has 8 heteroatoms. The summed E-state index contributed by atoms with van der Waals surface area (Å²) in [6, 6.07) is 0. The zero-order valence-electron chi connectivity index (χ0n) is 9.98. The number of esters is 2. The summed E-state index contributed by atoms with van der Waals surface area (Å²) in [5.41, 5.74) is 0. The second-order valence-electron chi connectivity index (χ2n) is 5.37. The Morgan fingerprint density at radius 3 is 2.84 bits per heavy atom. The maximum Gasteiger partial charge on any atom is 0.309 e. The molecule has 0 N–H and O–H groups in total. The molecule has 19 heavy (non-hydrogen) atoms. The minimum Gasteiger partial charge on any atom is -0.748 e. The topological polar surface area (TPSA) is 110 Å². The second kappa shape index (κ2) is 4.17. The van der Waals surface area contributed by atoms with Crippen molar-refractivity contribution in [2.45, 2.75) is 31.5 Å². The van der Waals surface area contributed by atoms with Gasteiger partial charge in [0, 0.05) is 17.6 Å². The third kappa shape index (κ3) is 2.23. The van der Waals surface area contributed by atoms with E-state index in [-0.39, 0.29) is 29.8 Å². The molecule has 1 saturated heterocycles. The van der Waals surface area contributed by atoms with Gasteiger partial charge in [0.05, 0.1) is 22.5 Å². The van der Waals surface area contributed by atoms with E-state index in [0.29, 0.717) is 6.42 Å². The molecule has 106 valence electrons. The molecule has 0 spiro atoms. The van der Waals surface area contributed by atoms with Gasteiger partial charge in [0.1, 0.15) is 12.2 Å². The Kier molecular flexibility index (Phi) is 2.82. The lowest BCUT2D eigenvalue weighted by Crippen LogP contribution is -2.36. The van der Waals surface area contributed by atoms with Crippen LogP contribution in [0.3, 0.4) is 0 Å². The van der Waals surface area contributed by atoms with Gasteiger partial charge in [0.25, 0.3) is 0 Å². The van der Waals surface area contributed by atoms with Crippen molar-refractivity contribution in [2.75, 3.05) is 5.75 Å². The van der Waals surface area contributed by atoms with Crippen LogP contribution in [0.5, 0.6) is 0 Å². The number of fused-ring (bicyclic) bond motifs is 1. The summed E-state index contributed by atoms with van der Waals surface area (Å²) in [6.07, 6.45) is 0.152. The Labute approximate surface area is 110 Å². The van der Waals surface area contributed by atoms with Crippen molar-refractivity contribution in [1.29, 1.82) is 0 Å². The van der Waals surface area contributed by atoms with E-state index in [0.717, 1.165) is 6.42 Å². The molecular formula is C11H13O7S-. The van der Waals surface area contributed by atoms with Crippen molar-refractivity contribution >= 4 is 22.1 Å². The summed E-state index contributed by atoms with van der Waals surface area (Å²) in [6.45, 7) is 0. The summed E-state index contributed by atoms with van der Waals surface area (Å²) < 4.78 is 41.7. The lowest BCUT2D eigenvalue weighted by Gasteiger charge is -2.25. The largest absolute Gasteiger partial charge is 0.748 e. The maximum absolute atomic E-state index is 11.5. The molecule has 0 aromatic heterocycles. The van der Waals surface area contributed by atoms with Gasteiger partial charge in [0.15, 0.2) is 0 Å². The van der Waals surface area contributed by atoms with Crippen molar-refractivity contribution in [3.63, 3.8) is 0 Å². The van der Waals surface area contributed by atoms with Crippen LogP contribution in [0.2, 0.25) is 0 Å². The molecule has 5 unspecified atom stereocenters. The lowest BCUT2D eigenvalue weighted by atomic mass is 9.88. The second-order valence-corrected chi connectivity index (χ2v) is 6.89. The third-order valence-corrected chi connectivity index (χ3v) is 4.94. The third-order valence-electron chi connectivity index (χ3n) is 4.24. The van der Waals surface area contributed by atoms with Gasteiger partial charge in [-0.25, -0.2) is 8.42 Å². The fraction of sp³-hybridized carbons (Fsp3) is 0.818. The molecule has 5 atom stereocenters. The maximum atomic E-state index is 11.5. The van der Waals surface area contributed by atoms with Crippen LogP contribution < -0.4 is 0 Å². The molecule has 0 amide bonds. The van der Waals surface area contributed by atoms with Crippen LogP contribution in [0.4, 0.5) is 0 Å². The Hall–Kier alpha value is -1.15. The highest BCUT2D eigenvalue weighted by Gasteiger charge is 2.63. The van der Waals surface area contributed by atoms with E-state index in [9.17, 15) is 22.6 Å². The molecule has 0 aromatic rings. The summed E-state index contributed by atoms with van der Waals surface area (Å²) in [7, 11) is -4.42. The quantitative estimate of drug-likeness (QED) is 0.502. The van der Waals surface area contributed by atoms with Crippen LogP contribution in [-0.4, -0.2) is 42.9 Å². The van der Waals surface area contributed by atoms with E-state index in [1.807, 2.05) is 0 Å². The zero-order valence-corrected chi connectivity index (χ0v) is 10.8. The van der Waals surface area contributed by atoms with Crippen LogP contribution >= 0.6 is 0 Å². The summed E-state index contributed by atoms with van der Waals surface area (Å²) >= 11 is 0. The van der Waals surface area contributed by atoms with Gasteiger partial charge < -0.3 is 14.0 Å². The predicted molar refractivity (Wildman–Crippen MR) is 58.6 cm³/mol. The minimum absolute atomic E-state index is 0.0630. The average Bonchev–Trinajstić information content (AvgIpc) is 2.90. The minimum atomic E-state index is -4.42. The fourth-order valence-corrected chi connectivity index (χ4v) is 3.90. The molecule has 7 nitrogen and oxygen atoms in total. The molecule has 0 radical (unpaired) electrons. The van der Waals surface area contributed by atoms with Crippen LogP contribution in [0.25, 0.3) is 0 Å². The van der Waals surface area contributed by atoms with Crippen LogP contribution in [-0.2, 0) is 29.2 Å². The Balaban J connectivity index is 1.60. The van der Waals surface area contributed by atoms with Gasteiger partial charge >= 0.3 is 11.9 Å². The standard InChI is InChI=1S/C11H14O7S/c12-8(1-2-19(14,15)16)17-9-5-3-6-7(4-5)11(13)18-10(6)9/h5-7,9-10H,1-4H2,(H,14,15,16)/p-1. The van der Waals surface area contributed by atoms with Gasteiger partial charge in [0.2, 0.25) is 0 Å². The predicted octanol–water partition coefficient (Wildman–Crippen LogP) is -0.585. The molecule has 3 aliphatic rings. The highest BCUT2D eigenvalue weighted by molar-refractivity contribution is 7.85. The van der Waals surface area contributed by atoms with Crippen molar-refractivity contribution < 1.29 is 32.0 Å². The van der Waals surface area contributed by atoms with E-state index < -0.39 is 34.4 Å². The smallest absolute Gasteiger partial charge is 0.309 e. The number of rotatable bonds is 4. The highest BCUT2D eigenvalue weighted by atomic mass is 32.2. The first-order chi connectivity index (χ1) is 8.85. The first-order valence-electron chi connectivity index (χ1n) is 6.19. The fourth-order valence-electron chi connectivity index (χ4n) is 3.48. The Morgan fingerprint density at radius 1 is 1.42 bits per heavy atom. The molecule has 2 bridgehead atoms. The Morgan fingerprint density at radius 2 is 2.16 bits per heavy atom. The molecule has 2 aliphatic carbocycles. The number of carbonyl (C=O) groups is 2. The number of hydrogen-bond donors (Lipinski definition) is 0. The molecule has 1 aliphatic heterocycles. The first-order valence-corrected chi connectivity index (χ1v) is 7.76. The number of hydrogen-bond acceptors (Lipinski definition) is 7. The van der Waals surface area contributed by atoms with E-state index in [2.05, 4.69) is 0 Å². The van der Waals surface area contributed by atoms with Crippen molar-refractivity contribution in [3.8, 4) is 0 Å². The van der Waals surface area contributed by atoms with Crippen molar-refractivity contribution in [3.05, 3.63) is 0 Å². The van der Waals surface area contributed by atoms with Crippen LogP contribution in [0.15, 0.2) is 0 Å². The molecule has 2 saturated carbocycles. The molecule has 3 fully saturated rings. The van der Waals surface area contributed by atoms with Crippen LogP contribution in [0.1, 0.15) is 19.3 Å². The van der Waals surface area contributed by atoms with Gasteiger partial charge in [-0.05, 0) is 12.8 Å². The monoisotopic (exact) mass is 289 g/mol. The van der Waals surface area contributed by atoms with Crippen molar-refractivity contribution in [2.24, 2.45) is 17.8 Å². The lowest BCUT2D eigenvalue weighted by molar-refractivity contribution is -0.161. The van der Waals surface area contributed by atoms with Gasteiger partial charge in [-0.15, -0.1) is 0 Å². The van der Waals surface area contributed by atoms with Gasteiger partial charge in [-0.1, -0.05) is 0 Å². The van der Waals surface area contributed by atoms with E-state index in [1.54, 1.807) is 0 Å².